The first-order valence-corrected chi connectivity index (χ1v) is 21.5. The number of rotatable bonds is 8. The summed E-state index contributed by atoms with van der Waals surface area (Å²) in [5, 5.41) is 2.53. The van der Waals surface area contributed by atoms with E-state index >= 15 is 0 Å². The molecule has 0 aromatic heterocycles. The van der Waals surface area contributed by atoms with Crippen LogP contribution in [0.2, 0.25) is 0 Å². The number of fused-ring (bicyclic) bond motifs is 3. The number of hydrogen-bond acceptors (Lipinski definition) is 1. The Morgan fingerprint density at radius 1 is 0.464 bits per heavy atom. The first-order valence-electron chi connectivity index (χ1n) is 19.8. The minimum Gasteiger partial charge on any atom is -0.309 e. The molecule has 0 fully saturated rings. The zero-order valence-corrected chi connectivity index (χ0v) is 34.8. The Hall–Kier alpha value is -5.43. The molecule has 0 amide bonds. The summed E-state index contributed by atoms with van der Waals surface area (Å²) in [4.78, 5) is 0. The quantitative estimate of drug-likeness (QED) is 0.0861. The number of aryl methyl sites for hydroxylation is 6. The predicted octanol–water partition coefficient (Wildman–Crippen LogP) is 10.2. The monoisotopic (exact) mass is 744 g/mol. The maximum Gasteiger partial charge on any atom is 0.242 e. The van der Waals surface area contributed by atoms with Gasteiger partial charge in [-0.2, -0.15) is 0 Å². The van der Waals surface area contributed by atoms with Gasteiger partial charge in [0.05, 0.1) is 0 Å². The summed E-state index contributed by atoms with van der Waals surface area (Å²) >= 11 is 0. The molecule has 0 spiro atoms. The van der Waals surface area contributed by atoms with E-state index in [1.807, 2.05) is 72.8 Å². The van der Waals surface area contributed by atoms with Gasteiger partial charge in [-0.15, -0.1) is 0 Å². The molecule has 1 nitrogen and oxygen atoms in total. The van der Waals surface area contributed by atoms with Crippen LogP contribution in [0.3, 0.4) is 0 Å². The summed E-state index contributed by atoms with van der Waals surface area (Å²) in [6, 6.07) is 51.6. The van der Waals surface area contributed by atoms with Gasteiger partial charge in [0, 0.05) is 21.3 Å². The highest BCUT2D eigenvalue weighted by atomic mass is 31.2. The lowest BCUT2D eigenvalue weighted by Crippen LogP contribution is -2.56. The maximum absolute atomic E-state index is 14.8. The first-order chi connectivity index (χ1) is 26.9. The molecule has 0 saturated heterocycles. The summed E-state index contributed by atoms with van der Waals surface area (Å²) in [6.07, 6.45) is 4.37. The average Bonchev–Trinajstić information content (AvgIpc) is 3.41. The molecule has 1 aliphatic carbocycles. The van der Waals surface area contributed by atoms with Crippen LogP contribution in [-0.2, 0) is 9.98 Å². The third kappa shape index (κ3) is 6.55. The molecule has 0 radical (unpaired) electrons. The van der Waals surface area contributed by atoms with E-state index in [-0.39, 0.29) is 12.1 Å². The van der Waals surface area contributed by atoms with Gasteiger partial charge in [-0.05, 0) is 74.9 Å². The molecular weight excluding hydrogens is 694 g/mol. The average molecular weight is 745 g/mol. The van der Waals surface area contributed by atoms with E-state index in [0.717, 1.165) is 21.5 Å². The highest BCUT2D eigenvalue weighted by molar-refractivity contribution is 7.85. The van der Waals surface area contributed by atoms with Crippen molar-refractivity contribution >= 4 is 58.3 Å². The van der Waals surface area contributed by atoms with E-state index in [1.165, 1.54) is 77.6 Å². The number of benzene rings is 7. The van der Waals surface area contributed by atoms with E-state index in [1.54, 1.807) is 0 Å². The normalized spacial score (nSPS) is 13.1. The third-order valence-corrected chi connectivity index (χ3v) is 15.2. The molecule has 3 heteroatoms. The van der Waals surface area contributed by atoms with Crippen molar-refractivity contribution in [2.75, 3.05) is 0 Å². The Bertz CT molecular complexity index is 2540. The standard InChI is InChI=1S/C53H50BOP/c1-35-29-37(3)51(38(4)30-35)54(52-39(5)31-36(2)32-40(52)6)43-24-28-48-47-27-23-42(33-49(47)53(7,8)50(48)34-43)20-19-41-21-25-46(26-22-41)56(55,44-15-11-9-12-16-44)45-17-13-10-14-18-45/h9-34H,1-8H3/b20-19+. The van der Waals surface area contributed by atoms with E-state index in [9.17, 15) is 4.57 Å². The highest BCUT2D eigenvalue weighted by Gasteiger charge is 2.37. The van der Waals surface area contributed by atoms with Crippen LogP contribution in [0.5, 0.6) is 0 Å². The van der Waals surface area contributed by atoms with Crippen LogP contribution in [-0.4, -0.2) is 6.71 Å². The van der Waals surface area contributed by atoms with Gasteiger partial charge in [0.2, 0.25) is 6.71 Å². The predicted molar refractivity (Wildman–Crippen MR) is 245 cm³/mol. The summed E-state index contributed by atoms with van der Waals surface area (Å²) < 4.78 is 14.8. The minimum absolute atomic E-state index is 0.139. The van der Waals surface area contributed by atoms with Crippen molar-refractivity contribution in [2.24, 2.45) is 0 Å². The first kappa shape index (κ1) is 37.5. The molecule has 1 aliphatic rings. The molecule has 0 unspecified atom stereocenters. The molecule has 276 valence electrons. The Labute approximate surface area is 334 Å². The fourth-order valence-corrected chi connectivity index (χ4v) is 12.2. The molecule has 0 saturated carbocycles. The summed E-state index contributed by atoms with van der Waals surface area (Å²) in [6.45, 7) is 18.4. The van der Waals surface area contributed by atoms with Crippen molar-refractivity contribution in [3.8, 4) is 11.1 Å². The molecule has 0 atom stereocenters. The topological polar surface area (TPSA) is 17.1 Å². The highest BCUT2D eigenvalue weighted by Crippen LogP contribution is 2.49. The van der Waals surface area contributed by atoms with E-state index in [2.05, 4.69) is 140 Å². The van der Waals surface area contributed by atoms with Gasteiger partial charge in [-0.25, -0.2) is 0 Å². The maximum atomic E-state index is 14.8. The molecule has 0 bridgehead atoms. The Balaban J connectivity index is 1.13. The van der Waals surface area contributed by atoms with Crippen LogP contribution < -0.4 is 32.3 Å². The third-order valence-electron chi connectivity index (χ3n) is 12.1. The van der Waals surface area contributed by atoms with Crippen LogP contribution in [0.15, 0.2) is 146 Å². The van der Waals surface area contributed by atoms with Crippen LogP contribution in [0.1, 0.15) is 69.5 Å². The van der Waals surface area contributed by atoms with E-state index in [4.69, 9.17) is 0 Å². The molecule has 0 aliphatic heterocycles. The van der Waals surface area contributed by atoms with Gasteiger partial charge in [-0.1, -0.05) is 221 Å². The van der Waals surface area contributed by atoms with Crippen molar-refractivity contribution in [3.05, 3.63) is 201 Å². The zero-order chi connectivity index (χ0) is 39.4. The Morgan fingerprint density at radius 2 is 0.875 bits per heavy atom. The lowest BCUT2D eigenvalue weighted by Gasteiger charge is -2.27. The smallest absolute Gasteiger partial charge is 0.242 e. The Morgan fingerprint density at radius 3 is 1.38 bits per heavy atom. The minimum atomic E-state index is -3.01. The van der Waals surface area contributed by atoms with Crippen molar-refractivity contribution in [1.82, 2.24) is 0 Å². The number of hydrogen-bond donors (Lipinski definition) is 0. The molecule has 56 heavy (non-hydrogen) atoms. The fraction of sp³-hybridized carbons (Fsp3) is 0.170. The van der Waals surface area contributed by atoms with Crippen molar-refractivity contribution in [3.63, 3.8) is 0 Å². The van der Waals surface area contributed by atoms with Crippen LogP contribution in [0, 0.1) is 41.5 Å². The SMILES string of the molecule is Cc1cc(C)c(B(c2ccc3c(c2)C(C)(C)c2cc(/C=C/c4ccc(P(=O)(c5ccccc5)c5ccccc5)cc4)ccc2-3)c2c(C)cc(C)cc2C)c(C)c1. The molecule has 0 heterocycles. The lowest BCUT2D eigenvalue weighted by atomic mass is 9.34. The van der Waals surface area contributed by atoms with Gasteiger partial charge >= 0.3 is 0 Å². The molecule has 7 aromatic rings. The summed E-state index contributed by atoms with van der Waals surface area (Å²) in [5.41, 5.74) is 19.7. The van der Waals surface area contributed by atoms with Crippen molar-refractivity contribution < 1.29 is 4.57 Å². The molecule has 7 aromatic carbocycles. The van der Waals surface area contributed by atoms with Crippen LogP contribution in [0.25, 0.3) is 23.3 Å². The van der Waals surface area contributed by atoms with E-state index in [0.29, 0.717) is 0 Å². The second-order valence-corrected chi connectivity index (χ2v) is 19.3. The molecular formula is C53H50BOP. The van der Waals surface area contributed by atoms with Crippen LogP contribution in [0.4, 0.5) is 0 Å². The van der Waals surface area contributed by atoms with Gasteiger partial charge in [0.15, 0.2) is 7.14 Å². The lowest BCUT2D eigenvalue weighted by molar-refractivity contribution is 0.592. The zero-order valence-electron chi connectivity index (χ0n) is 33.9. The largest absolute Gasteiger partial charge is 0.309 e. The molecule has 8 rings (SSSR count). The van der Waals surface area contributed by atoms with E-state index < -0.39 is 7.14 Å². The van der Waals surface area contributed by atoms with Crippen molar-refractivity contribution in [1.29, 1.82) is 0 Å². The van der Waals surface area contributed by atoms with Crippen LogP contribution >= 0.6 is 7.14 Å². The molecule has 0 N–H and O–H groups in total. The van der Waals surface area contributed by atoms with Gasteiger partial charge < -0.3 is 4.57 Å². The van der Waals surface area contributed by atoms with Gasteiger partial charge in [0.25, 0.3) is 0 Å². The van der Waals surface area contributed by atoms with Gasteiger partial charge in [-0.3, -0.25) is 0 Å². The second kappa shape index (κ2) is 14.6. The fourth-order valence-electron chi connectivity index (χ4n) is 9.54. The summed E-state index contributed by atoms with van der Waals surface area (Å²) in [7, 11) is -3.01. The summed E-state index contributed by atoms with van der Waals surface area (Å²) in [5.74, 6) is 0. The van der Waals surface area contributed by atoms with Crippen molar-refractivity contribution in [2.45, 2.75) is 60.8 Å². The second-order valence-electron chi connectivity index (χ2n) is 16.5. The Kier molecular flexibility index (Phi) is 9.76. The van der Waals surface area contributed by atoms with Gasteiger partial charge in [0.1, 0.15) is 0 Å².